The molecule has 0 bridgehead atoms. The van der Waals surface area contributed by atoms with Gasteiger partial charge in [-0.1, -0.05) is 6.07 Å². The highest BCUT2D eigenvalue weighted by Crippen LogP contribution is 2.19. The number of aryl methyl sites for hydroxylation is 1. The van der Waals surface area contributed by atoms with Crippen LogP contribution in [0.2, 0.25) is 0 Å². The molecule has 20 heavy (non-hydrogen) atoms. The van der Waals surface area contributed by atoms with Crippen LogP contribution in [0.4, 0.5) is 4.39 Å². The first kappa shape index (κ1) is 15.1. The van der Waals surface area contributed by atoms with Gasteiger partial charge in [0.2, 0.25) is 10.0 Å². The molecule has 3 N–H and O–H groups in total. The molecule has 0 unspecified atom stereocenters. The standard InChI is InChI=1S/C13H15FN2O2S2/c1-9-4-5-19-12(9)8-16-20(17,18)13-6-11(14)3-2-10(13)7-15/h2-6,16H,7-8,15H2,1H3. The lowest BCUT2D eigenvalue weighted by Crippen LogP contribution is -2.25. The fourth-order valence-electron chi connectivity index (χ4n) is 1.77. The van der Waals surface area contributed by atoms with Gasteiger partial charge in [0.25, 0.3) is 0 Å². The molecular formula is C13H15FN2O2S2. The second-order valence-electron chi connectivity index (χ2n) is 4.31. The predicted molar refractivity (Wildman–Crippen MR) is 77.4 cm³/mol. The van der Waals surface area contributed by atoms with Crippen LogP contribution in [0.3, 0.4) is 0 Å². The van der Waals surface area contributed by atoms with E-state index in [4.69, 9.17) is 5.73 Å². The normalized spacial score (nSPS) is 11.8. The molecule has 0 spiro atoms. The Kier molecular flexibility index (Phi) is 4.54. The smallest absolute Gasteiger partial charge is 0.241 e. The Balaban J connectivity index is 2.26. The number of sulfonamides is 1. The van der Waals surface area contributed by atoms with Crippen molar-refractivity contribution >= 4 is 21.4 Å². The van der Waals surface area contributed by atoms with Crippen molar-refractivity contribution in [3.05, 3.63) is 51.5 Å². The summed E-state index contributed by atoms with van der Waals surface area (Å²) in [6.07, 6.45) is 0. The van der Waals surface area contributed by atoms with Crippen molar-refractivity contribution in [3.8, 4) is 0 Å². The van der Waals surface area contributed by atoms with Crippen LogP contribution in [0.5, 0.6) is 0 Å². The van der Waals surface area contributed by atoms with E-state index in [1.165, 1.54) is 23.5 Å². The number of benzene rings is 1. The minimum atomic E-state index is -3.78. The van der Waals surface area contributed by atoms with Crippen molar-refractivity contribution < 1.29 is 12.8 Å². The number of hydrogen-bond donors (Lipinski definition) is 2. The van der Waals surface area contributed by atoms with Gasteiger partial charge in [0.1, 0.15) is 5.82 Å². The highest BCUT2D eigenvalue weighted by Gasteiger charge is 2.19. The zero-order valence-electron chi connectivity index (χ0n) is 10.9. The lowest BCUT2D eigenvalue weighted by atomic mass is 10.2. The van der Waals surface area contributed by atoms with Crippen LogP contribution in [0, 0.1) is 12.7 Å². The van der Waals surface area contributed by atoms with Crippen LogP contribution >= 0.6 is 11.3 Å². The third-order valence-corrected chi connectivity index (χ3v) is 5.44. The molecule has 1 heterocycles. The third-order valence-electron chi connectivity index (χ3n) is 2.93. The fraction of sp³-hybridized carbons (Fsp3) is 0.231. The molecule has 0 aliphatic rings. The summed E-state index contributed by atoms with van der Waals surface area (Å²) < 4.78 is 40.2. The highest BCUT2D eigenvalue weighted by atomic mass is 32.2. The summed E-state index contributed by atoms with van der Waals surface area (Å²) in [6.45, 7) is 2.13. The van der Waals surface area contributed by atoms with Gasteiger partial charge < -0.3 is 5.73 Å². The van der Waals surface area contributed by atoms with Crippen molar-refractivity contribution in [2.45, 2.75) is 24.9 Å². The molecule has 0 fully saturated rings. The molecule has 1 aromatic heterocycles. The number of rotatable bonds is 5. The van der Waals surface area contributed by atoms with Gasteiger partial charge in [0.05, 0.1) is 4.90 Å². The van der Waals surface area contributed by atoms with Gasteiger partial charge in [-0.3, -0.25) is 0 Å². The molecular weight excluding hydrogens is 299 g/mol. The van der Waals surface area contributed by atoms with Gasteiger partial charge in [0.15, 0.2) is 0 Å². The topological polar surface area (TPSA) is 72.2 Å². The van der Waals surface area contributed by atoms with Gasteiger partial charge >= 0.3 is 0 Å². The fourth-order valence-corrected chi connectivity index (χ4v) is 3.96. The van der Waals surface area contributed by atoms with Crippen LogP contribution in [-0.4, -0.2) is 8.42 Å². The minimum absolute atomic E-state index is 0.0363. The maximum Gasteiger partial charge on any atom is 0.241 e. The number of nitrogens with one attached hydrogen (secondary N) is 1. The second kappa shape index (κ2) is 6.01. The van der Waals surface area contributed by atoms with Gasteiger partial charge in [-0.2, -0.15) is 0 Å². The SMILES string of the molecule is Cc1ccsc1CNS(=O)(=O)c1cc(F)ccc1CN. The summed E-state index contributed by atoms with van der Waals surface area (Å²) in [5.41, 5.74) is 6.91. The summed E-state index contributed by atoms with van der Waals surface area (Å²) in [5, 5.41) is 1.90. The number of thiophene rings is 1. The van der Waals surface area contributed by atoms with E-state index in [0.717, 1.165) is 16.5 Å². The average Bonchev–Trinajstić information content (AvgIpc) is 2.82. The molecule has 0 amide bonds. The molecule has 0 aliphatic carbocycles. The van der Waals surface area contributed by atoms with Gasteiger partial charge in [0, 0.05) is 18.0 Å². The zero-order valence-corrected chi connectivity index (χ0v) is 12.5. The molecule has 7 heteroatoms. The Morgan fingerprint density at radius 1 is 1.35 bits per heavy atom. The van der Waals surface area contributed by atoms with Crippen LogP contribution in [-0.2, 0) is 23.1 Å². The molecule has 0 aliphatic heterocycles. The van der Waals surface area contributed by atoms with Crippen molar-refractivity contribution in [2.75, 3.05) is 0 Å². The Morgan fingerprint density at radius 3 is 2.70 bits per heavy atom. The van der Waals surface area contributed by atoms with Crippen LogP contribution in [0.1, 0.15) is 16.0 Å². The Hall–Kier alpha value is -1.28. The van der Waals surface area contributed by atoms with E-state index in [2.05, 4.69) is 4.72 Å². The van der Waals surface area contributed by atoms with Gasteiger partial charge in [-0.05, 0) is 41.6 Å². The van der Waals surface area contributed by atoms with Crippen LogP contribution in [0.25, 0.3) is 0 Å². The third kappa shape index (κ3) is 3.24. The molecule has 4 nitrogen and oxygen atoms in total. The lowest BCUT2D eigenvalue weighted by Gasteiger charge is -2.10. The molecule has 2 aromatic rings. The van der Waals surface area contributed by atoms with E-state index < -0.39 is 15.8 Å². The lowest BCUT2D eigenvalue weighted by molar-refractivity contribution is 0.576. The minimum Gasteiger partial charge on any atom is -0.326 e. The summed E-state index contributed by atoms with van der Waals surface area (Å²) in [7, 11) is -3.78. The van der Waals surface area contributed by atoms with E-state index in [0.29, 0.717) is 5.56 Å². The average molecular weight is 314 g/mol. The molecule has 1 aromatic carbocycles. The van der Waals surface area contributed by atoms with E-state index in [9.17, 15) is 12.8 Å². The molecule has 0 saturated heterocycles. The van der Waals surface area contributed by atoms with E-state index in [-0.39, 0.29) is 18.0 Å². The highest BCUT2D eigenvalue weighted by molar-refractivity contribution is 7.89. The summed E-state index contributed by atoms with van der Waals surface area (Å²) in [4.78, 5) is 0.827. The molecule has 0 atom stereocenters. The number of nitrogens with two attached hydrogens (primary N) is 1. The first-order chi connectivity index (χ1) is 9.44. The summed E-state index contributed by atoms with van der Waals surface area (Å²) in [5.74, 6) is -0.602. The number of halogens is 1. The largest absolute Gasteiger partial charge is 0.326 e. The monoisotopic (exact) mass is 314 g/mol. The van der Waals surface area contributed by atoms with Crippen molar-refractivity contribution in [1.29, 1.82) is 0 Å². The zero-order chi connectivity index (χ0) is 14.8. The second-order valence-corrected chi connectivity index (χ2v) is 7.04. The van der Waals surface area contributed by atoms with Gasteiger partial charge in [-0.15, -0.1) is 11.3 Å². The molecule has 108 valence electrons. The van der Waals surface area contributed by atoms with Crippen molar-refractivity contribution in [1.82, 2.24) is 4.72 Å². The molecule has 2 rings (SSSR count). The summed E-state index contributed by atoms with van der Waals surface area (Å²) in [6, 6.07) is 5.50. The molecule has 0 radical (unpaired) electrons. The van der Waals surface area contributed by atoms with E-state index in [1.54, 1.807) is 0 Å². The maximum absolute atomic E-state index is 13.3. The van der Waals surface area contributed by atoms with Crippen molar-refractivity contribution in [3.63, 3.8) is 0 Å². The van der Waals surface area contributed by atoms with Crippen molar-refractivity contribution in [2.24, 2.45) is 5.73 Å². The first-order valence-electron chi connectivity index (χ1n) is 5.95. The number of hydrogen-bond acceptors (Lipinski definition) is 4. The van der Waals surface area contributed by atoms with Gasteiger partial charge in [-0.25, -0.2) is 17.5 Å². The van der Waals surface area contributed by atoms with Crippen LogP contribution in [0.15, 0.2) is 34.5 Å². The Morgan fingerprint density at radius 2 is 2.10 bits per heavy atom. The first-order valence-corrected chi connectivity index (χ1v) is 8.31. The summed E-state index contributed by atoms with van der Waals surface area (Å²) >= 11 is 1.47. The quantitative estimate of drug-likeness (QED) is 0.888. The molecule has 0 saturated carbocycles. The van der Waals surface area contributed by atoms with E-state index in [1.807, 2.05) is 18.4 Å². The Labute approximate surface area is 121 Å². The maximum atomic E-state index is 13.3. The predicted octanol–water partition coefficient (Wildman–Crippen LogP) is 2.13. The Bertz CT molecular complexity index is 711. The van der Waals surface area contributed by atoms with E-state index >= 15 is 0 Å². The van der Waals surface area contributed by atoms with Crippen LogP contribution < -0.4 is 10.5 Å².